The number of nitrogen functional groups attached to an aromatic ring is 1. The SMILES string of the molecule is CCCCc1c(N)c(F)cc(F)c1[N+](=O)[O-]. The fourth-order valence-corrected chi connectivity index (χ4v) is 1.48. The van der Waals surface area contributed by atoms with Gasteiger partial charge >= 0.3 is 5.69 Å². The van der Waals surface area contributed by atoms with Gasteiger partial charge in [0, 0.05) is 6.07 Å². The number of nitro groups is 1. The largest absolute Gasteiger partial charge is 0.396 e. The van der Waals surface area contributed by atoms with Gasteiger partial charge in [-0.2, -0.15) is 4.39 Å². The molecule has 0 heterocycles. The molecule has 6 heteroatoms. The summed E-state index contributed by atoms with van der Waals surface area (Å²) in [6.07, 6.45) is 1.55. The van der Waals surface area contributed by atoms with Crippen molar-refractivity contribution < 1.29 is 13.7 Å². The van der Waals surface area contributed by atoms with E-state index in [1.54, 1.807) is 0 Å². The van der Waals surface area contributed by atoms with Crippen LogP contribution < -0.4 is 5.73 Å². The maximum absolute atomic E-state index is 13.2. The Morgan fingerprint density at radius 1 is 1.44 bits per heavy atom. The number of nitrogens with zero attached hydrogens (tertiary/aromatic N) is 1. The molecule has 0 bridgehead atoms. The van der Waals surface area contributed by atoms with Gasteiger partial charge in [-0.1, -0.05) is 13.3 Å². The molecule has 0 aliphatic heterocycles. The standard InChI is InChI=1S/C10H12F2N2O2/c1-2-3-4-6-9(13)7(11)5-8(12)10(6)14(15)16/h5H,2-4,13H2,1H3. The minimum absolute atomic E-state index is 0.0515. The fourth-order valence-electron chi connectivity index (χ4n) is 1.48. The average molecular weight is 230 g/mol. The minimum atomic E-state index is -1.18. The van der Waals surface area contributed by atoms with Crippen LogP contribution in [0.2, 0.25) is 0 Å². The Kier molecular flexibility index (Phi) is 3.76. The predicted octanol–water partition coefficient (Wildman–Crippen LogP) is 2.80. The topological polar surface area (TPSA) is 69.2 Å². The van der Waals surface area contributed by atoms with Gasteiger partial charge in [0.25, 0.3) is 0 Å². The smallest absolute Gasteiger partial charge is 0.310 e. The third kappa shape index (κ3) is 2.26. The molecule has 1 aromatic rings. The molecule has 1 aromatic carbocycles. The first-order valence-corrected chi connectivity index (χ1v) is 4.89. The van der Waals surface area contributed by atoms with E-state index < -0.39 is 22.2 Å². The first-order valence-electron chi connectivity index (χ1n) is 4.89. The summed E-state index contributed by atoms with van der Waals surface area (Å²) in [4.78, 5) is 9.79. The van der Waals surface area contributed by atoms with Gasteiger partial charge in [-0.25, -0.2) is 4.39 Å². The Balaban J connectivity index is 3.33. The Labute approximate surface area is 91.2 Å². The Morgan fingerprint density at radius 2 is 2.06 bits per heavy atom. The van der Waals surface area contributed by atoms with Crippen molar-refractivity contribution in [3.05, 3.63) is 33.4 Å². The molecule has 1 rings (SSSR count). The number of hydrogen-bond donors (Lipinski definition) is 1. The monoisotopic (exact) mass is 230 g/mol. The van der Waals surface area contributed by atoms with Crippen molar-refractivity contribution in [3.8, 4) is 0 Å². The van der Waals surface area contributed by atoms with Crippen molar-refractivity contribution in [2.45, 2.75) is 26.2 Å². The molecule has 2 N–H and O–H groups in total. The van der Waals surface area contributed by atoms with E-state index in [9.17, 15) is 18.9 Å². The van der Waals surface area contributed by atoms with E-state index in [1.807, 2.05) is 6.92 Å². The molecule has 88 valence electrons. The molecule has 0 amide bonds. The molecule has 0 saturated carbocycles. The number of hydrogen-bond acceptors (Lipinski definition) is 3. The molecule has 16 heavy (non-hydrogen) atoms. The van der Waals surface area contributed by atoms with Gasteiger partial charge in [0.1, 0.15) is 5.82 Å². The molecule has 0 fully saturated rings. The van der Waals surface area contributed by atoms with Crippen LogP contribution in [0.3, 0.4) is 0 Å². The third-order valence-electron chi connectivity index (χ3n) is 2.31. The van der Waals surface area contributed by atoms with E-state index in [0.29, 0.717) is 12.5 Å². The van der Waals surface area contributed by atoms with Gasteiger partial charge in [-0.15, -0.1) is 0 Å². The molecule has 0 aromatic heterocycles. The van der Waals surface area contributed by atoms with Crippen molar-refractivity contribution in [1.82, 2.24) is 0 Å². The van der Waals surface area contributed by atoms with Crippen LogP contribution in [0, 0.1) is 21.7 Å². The summed E-state index contributed by atoms with van der Waals surface area (Å²) in [5, 5.41) is 10.7. The molecule has 0 spiro atoms. The maximum Gasteiger partial charge on any atom is 0.310 e. The number of nitro benzene ring substituents is 1. The molecule has 0 atom stereocenters. The number of rotatable bonds is 4. The zero-order chi connectivity index (χ0) is 12.3. The van der Waals surface area contributed by atoms with Gasteiger partial charge in [0.2, 0.25) is 5.82 Å². The summed E-state index contributed by atoms with van der Waals surface area (Å²) in [6.45, 7) is 1.87. The van der Waals surface area contributed by atoms with Crippen LogP contribution in [-0.4, -0.2) is 4.92 Å². The number of halogens is 2. The zero-order valence-electron chi connectivity index (χ0n) is 8.80. The number of anilines is 1. The minimum Gasteiger partial charge on any atom is -0.396 e. The van der Waals surface area contributed by atoms with Gasteiger partial charge in [-0.05, 0) is 12.8 Å². The molecular weight excluding hydrogens is 218 g/mol. The Bertz CT molecular complexity index is 422. The molecule has 4 nitrogen and oxygen atoms in total. The zero-order valence-corrected chi connectivity index (χ0v) is 8.80. The maximum atomic E-state index is 13.2. The number of benzene rings is 1. The lowest BCUT2D eigenvalue weighted by Gasteiger charge is -2.07. The van der Waals surface area contributed by atoms with Crippen LogP contribution in [0.4, 0.5) is 20.2 Å². The van der Waals surface area contributed by atoms with Crippen molar-refractivity contribution in [2.75, 3.05) is 5.73 Å². The van der Waals surface area contributed by atoms with Crippen molar-refractivity contribution in [1.29, 1.82) is 0 Å². The van der Waals surface area contributed by atoms with Gasteiger partial charge in [0.05, 0.1) is 16.2 Å². The second-order valence-electron chi connectivity index (χ2n) is 3.44. The highest BCUT2D eigenvalue weighted by Crippen LogP contribution is 2.31. The fraction of sp³-hybridized carbons (Fsp3) is 0.400. The molecule has 0 aliphatic rings. The highest BCUT2D eigenvalue weighted by Gasteiger charge is 2.25. The summed E-state index contributed by atoms with van der Waals surface area (Å²) in [6, 6.07) is 0.447. The van der Waals surface area contributed by atoms with E-state index in [2.05, 4.69) is 0 Å². The van der Waals surface area contributed by atoms with Gasteiger partial charge in [-0.3, -0.25) is 10.1 Å². The van der Waals surface area contributed by atoms with E-state index in [1.165, 1.54) is 0 Å². The van der Waals surface area contributed by atoms with Crippen LogP contribution in [0.15, 0.2) is 6.07 Å². The molecule has 0 radical (unpaired) electrons. The highest BCUT2D eigenvalue weighted by atomic mass is 19.1. The van der Waals surface area contributed by atoms with E-state index in [-0.39, 0.29) is 17.7 Å². The van der Waals surface area contributed by atoms with Crippen LogP contribution in [0.25, 0.3) is 0 Å². The third-order valence-corrected chi connectivity index (χ3v) is 2.31. The summed E-state index contributed by atoms with van der Waals surface area (Å²) >= 11 is 0. The normalized spacial score (nSPS) is 10.4. The van der Waals surface area contributed by atoms with E-state index in [4.69, 9.17) is 5.73 Å². The first kappa shape index (κ1) is 12.4. The second-order valence-corrected chi connectivity index (χ2v) is 3.44. The van der Waals surface area contributed by atoms with E-state index in [0.717, 1.165) is 6.42 Å². The predicted molar refractivity (Wildman–Crippen MR) is 56.0 cm³/mol. The van der Waals surface area contributed by atoms with Crippen LogP contribution >= 0.6 is 0 Å². The molecular formula is C10H12F2N2O2. The summed E-state index contributed by atoms with van der Waals surface area (Å²) in [5.74, 6) is -2.13. The van der Waals surface area contributed by atoms with Crippen LogP contribution in [-0.2, 0) is 6.42 Å². The molecule has 0 saturated heterocycles. The Morgan fingerprint density at radius 3 is 2.56 bits per heavy atom. The van der Waals surface area contributed by atoms with Crippen LogP contribution in [0.1, 0.15) is 25.3 Å². The van der Waals surface area contributed by atoms with Crippen molar-refractivity contribution in [3.63, 3.8) is 0 Å². The lowest BCUT2D eigenvalue weighted by atomic mass is 10.0. The summed E-state index contributed by atoms with van der Waals surface area (Å²) in [7, 11) is 0. The lowest BCUT2D eigenvalue weighted by molar-refractivity contribution is -0.388. The van der Waals surface area contributed by atoms with E-state index >= 15 is 0 Å². The lowest BCUT2D eigenvalue weighted by Crippen LogP contribution is -2.06. The number of unbranched alkanes of at least 4 members (excludes halogenated alkanes) is 1. The average Bonchev–Trinajstić information content (AvgIpc) is 2.20. The van der Waals surface area contributed by atoms with Crippen LogP contribution in [0.5, 0.6) is 0 Å². The number of nitrogens with two attached hydrogens (primary N) is 1. The molecule has 0 aliphatic carbocycles. The van der Waals surface area contributed by atoms with Crippen molar-refractivity contribution in [2.24, 2.45) is 0 Å². The van der Waals surface area contributed by atoms with Gasteiger partial charge < -0.3 is 5.73 Å². The summed E-state index contributed by atoms with van der Waals surface area (Å²) < 4.78 is 26.4. The van der Waals surface area contributed by atoms with Crippen molar-refractivity contribution >= 4 is 11.4 Å². The van der Waals surface area contributed by atoms with Gasteiger partial charge in [0.15, 0.2) is 0 Å². The quantitative estimate of drug-likeness (QED) is 0.491. The second kappa shape index (κ2) is 4.87. The highest BCUT2D eigenvalue weighted by molar-refractivity contribution is 5.59. The summed E-state index contributed by atoms with van der Waals surface area (Å²) in [5.41, 5.74) is 4.29. The Hall–Kier alpha value is -1.72. The molecule has 0 unspecified atom stereocenters. The first-order chi connectivity index (χ1) is 7.49.